The number of aromatic nitrogens is 1. The first-order chi connectivity index (χ1) is 10.7. The van der Waals surface area contributed by atoms with Crippen molar-refractivity contribution in [1.82, 2.24) is 10.3 Å². The van der Waals surface area contributed by atoms with Crippen molar-refractivity contribution >= 4 is 21.6 Å². The van der Waals surface area contributed by atoms with E-state index in [1.54, 1.807) is 11.3 Å². The van der Waals surface area contributed by atoms with E-state index < -0.39 is 0 Å². The average molecular weight is 316 g/mol. The molecule has 3 aromatic rings. The Labute approximate surface area is 133 Å². The van der Waals surface area contributed by atoms with Crippen LogP contribution in [0.15, 0.2) is 40.8 Å². The third-order valence-corrected chi connectivity index (χ3v) is 4.96. The summed E-state index contributed by atoms with van der Waals surface area (Å²) in [5.41, 5.74) is 1.00. The molecule has 116 valence electrons. The van der Waals surface area contributed by atoms with E-state index in [1.807, 2.05) is 37.3 Å². The maximum Gasteiger partial charge on any atom is 0.163 e. The van der Waals surface area contributed by atoms with Crippen molar-refractivity contribution in [3.8, 4) is 10.8 Å². The van der Waals surface area contributed by atoms with Gasteiger partial charge in [0.1, 0.15) is 5.76 Å². The first kappa shape index (κ1) is 15.2. The van der Waals surface area contributed by atoms with Gasteiger partial charge in [0.25, 0.3) is 0 Å². The van der Waals surface area contributed by atoms with Crippen molar-refractivity contribution < 1.29 is 9.52 Å². The SMILES string of the molecule is CC(CO)C(C)NCc1ccc(-c2nc3ccccc3s2)o1. The first-order valence-electron chi connectivity index (χ1n) is 7.46. The van der Waals surface area contributed by atoms with Gasteiger partial charge < -0.3 is 14.8 Å². The van der Waals surface area contributed by atoms with E-state index in [1.165, 1.54) is 4.70 Å². The highest BCUT2D eigenvalue weighted by Crippen LogP contribution is 2.31. The van der Waals surface area contributed by atoms with Crippen LogP contribution in [-0.4, -0.2) is 22.7 Å². The fourth-order valence-corrected chi connectivity index (χ4v) is 3.11. The van der Waals surface area contributed by atoms with Crippen LogP contribution in [0, 0.1) is 5.92 Å². The Hall–Kier alpha value is -1.69. The number of nitrogens with zero attached hydrogens (tertiary/aromatic N) is 1. The van der Waals surface area contributed by atoms with Gasteiger partial charge in [0.2, 0.25) is 0 Å². The summed E-state index contributed by atoms with van der Waals surface area (Å²) in [6.45, 7) is 4.92. The number of aliphatic hydroxyl groups is 1. The predicted molar refractivity (Wildman–Crippen MR) is 89.9 cm³/mol. The van der Waals surface area contributed by atoms with Gasteiger partial charge in [-0.2, -0.15) is 0 Å². The molecule has 2 atom stereocenters. The highest BCUT2D eigenvalue weighted by molar-refractivity contribution is 7.21. The lowest BCUT2D eigenvalue weighted by Gasteiger charge is -2.18. The molecule has 0 saturated heterocycles. The van der Waals surface area contributed by atoms with Gasteiger partial charge in [-0.1, -0.05) is 19.1 Å². The van der Waals surface area contributed by atoms with Gasteiger partial charge in [-0.3, -0.25) is 0 Å². The van der Waals surface area contributed by atoms with Gasteiger partial charge in [-0.25, -0.2) is 4.98 Å². The largest absolute Gasteiger partial charge is 0.457 e. The first-order valence-corrected chi connectivity index (χ1v) is 8.28. The monoisotopic (exact) mass is 316 g/mol. The Morgan fingerprint density at radius 1 is 1.23 bits per heavy atom. The van der Waals surface area contributed by atoms with Crippen LogP contribution >= 0.6 is 11.3 Å². The number of nitrogens with one attached hydrogen (secondary N) is 1. The molecule has 4 nitrogen and oxygen atoms in total. The van der Waals surface area contributed by atoms with Crippen molar-refractivity contribution in [3.63, 3.8) is 0 Å². The molecule has 2 N–H and O–H groups in total. The number of aliphatic hydroxyl groups excluding tert-OH is 1. The van der Waals surface area contributed by atoms with Gasteiger partial charge in [-0.05, 0) is 37.1 Å². The molecule has 3 rings (SSSR count). The molecule has 0 fully saturated rings. The standard InChI is InChI=1S/C17H20N2O2S/c1-11(10-20)12(2)18-9-13-7-8-15(21-13)17-19-14-5-3-4-6-16(14)22-17/h3-8,11-12,18,20H,9-10H2,1-2H3. The topological polar surface area (TPSA) is 58.3 Å². The molecule has 2 aromatic heterocycles. The number of thiazole rings is 1. The molecule has 0 saturated carbocycles. The second-order valence-corrected chi connectivity index (χ2v) is 6.61. The van der Waals surface area contributed by atoms with Gasteiger partial charge in [0.05, 0.1) is 16.8 Å². The Morgan fingerprint density at radius 3 is 2.82 bits per heavy atom. The summed E-state index contributed by atoms with van der Waals surface area (Å²) in [6, 6.07) is 12.3. The molecule has 1 aromatic carbocycles. The van der Waals surface area contributed by atoms with E-state index in [4.69, 9.17) is 9.52 Å². The zero-order chi connectivity index (χ0) is 15.5. The molecule has 0 aliphatic carbocycles. The number of para-hydroxylation sites is 1. The molecular formula is C17H20N2O2S. The van der Waals surface area contributed by atoms with E-state index in [2.05, 4.69) is 23.3 Å². The number of fused-ring (bicyclic) bond motifs is 1. The van der Waals surface area contributed by atoms with Crippen LogP contribution in [0.2, 0.25) is 0 Å². The zero-order valence-electron chi connectivity index (χ0n) is 12.7. The molecule has 0 bridgehead atoms. The van der Waals surface area contributed by atoms with Gasteiger partial charge in [0.15, 0.2) is 10.8 Å². The predicted octanol–water partition coefficient (Wildman–Crippen LogP) is 3.66. The fraction of sp³-hybridized carbons (Fsp3) is 0.353. The second kappa shape index (κ2) is 6.60. The summed E-state index contributed by atoms with van der Waals surface area (Å²) < 4.78 is 7.05. The Kier molecular flexibility index (Phi) is 4.57. The van der Waals surface area contributed by atoms with Crippen molar-refractivity contribution in [2.45, 2.75) is 26.4 Å². The fourth-order valence-electron chi connectivity index (χ4n) is 2.19. The molecule has 0 aliphatic heterocycles. The van der Waals surface area contributed by atoms with Crippen LogP contribution in [0.4, 0.5) is 0 Å². The molecule has 2 unspecified atom stereocenters. The highest BCUT2D eigenvalue weighted by atomic mass is 32.1. The Balaban J connectivity index is 1.70. The van der Waals surface area contributed by atoms with E-state index in [-0.39, 0.29) is 18.6 Å². The molecule has 0 radical (unpaired) electrons. The number of furan rings is 1. The smallest absolute Gasteiger partial charge is 0.163 e. The quantitative estimate of drug-likeness (QED) is 0.728. The third-order valence-electron chi connectivity index (χ3n) is 3.91. The number of benzene rings is 1. The summed E-state index contributed by atoms with van der Waals surface area (Å²) in [7, 11) is 0. The zero-order valence-corrected chi connectivity index (χ0v) is 13.6. The molecular weight excluding hydrogens is 296 g/mol. The minimum Gasteiger partial charge on any atom is -0.457 e. The van der Waals surface area contributed by atoms with Gasteiger partial charge in [0, 0.05) is 12.6 Å². The summed E-state index contributed by atoms with van der Waals surface area (Å²) in [4.78, 5) is 4.60. The summed E-state index contributed by atoms with van der Waals surface area (Å²) >= 11 is 1.64. The molecule has 0 aliphatic rings. The Morgan fingerprint density at radius 2 is 2.05 bits per heavy atom. The van der Waals surface area contributed by atoms with E-state index >= 15 is 0 Å². The van der Waals surface area contributed by atoms with Crippen molar-refractivity contribution in [3.05, 3.63) is 42.2 Å². The number of hydrogen-bond donors (Lipinski definition) is 2. The lowest BCUT2D eigenvalue weighted by Crippen LogP contribution is -2.33. The Bertz CT molecular complexity index is 717. The minimum atomic E-state index is 0.184. The van der Waals surface area contributed by atoms with E-state index in [0.29, 0.717) is 6.54 Å². The van der Waals surface area contributed by atoms with Gasteiger partial charge >= 0.3 is 0 Å². The summed E-state index contributed by atoms with van der Waals surface area (Å²) in [5, 5.41) is 13.4. The highest BCUT2D eigenvalue weighted by Gasteiger charge is 2.13. The molecule has 5 heteroatoms. The lowest BCUT2D eigenvalue weighted by molar-refractivity contribution is 0.205. The lowest BCUT2D eigenvalue weighted by atomic mass is 10.1. The minimum absolute atomic E-state index is 0.184. The average Bonchev–Trinajstić information content (AvgIpc) is 3.17. The number of hydrogen-bond acceptors (Lipinski definition) is 5. The van der Waals surface area contributed by atoms with Crippen molar-refractivity contribution in [1.29, 1.82) is 0 Å². The third kappa shape index (κ3) is 3.21. The maximum absolute atomic E-state index is 9.15. The van der Waals surface area contributed by atoms with Crippen LogP contribution in [0.5, 0.6) is 0 Å². The van der Waals surface area contributed by atoms with E-state index in [0.717, 1.165) is 22.0 Å². The molecule has 2 heterocycles. The van der Waals surface area contributed by atoms with Gasteiger partial charge in [-0.15, -0.1) is 11.3 Å². The molecule has 0 spiro atoms. The second-order valence-electron chi connectivity index (χ2n) is 5.58. The van der Waals surface area contributed by atoms with Crippen LogP contribution < -0.4 is 5.32 Å². The maximum atomic E-state index is 9.15. The molecule has 0 amide bonds. The molecule has 22 heavy (non-hydrogen) atoms. The van der Waals surface area contributed by atoms with Crippen molar-refractivity contribution in [2.75, 3.05) is 6.61 Å². The van der Waals surface area contributed by atoms with Crippen LogP contribution in [0.1, 0.15) is 19.6 Å². The summed E-state index contributed by atoms with van der Waals surface area (Å²) in [6.07, 6.45) is 0. The normalized spacial score (nSPS) is 14.3. The summed E-state index contributed by atoms with van der Waals surface area (Å²) in [5.74, 6) is 1.91. The van der Waals surface area contributed by atoms with Crippen LogP contribution in [-0.2, 0) is 6.54 Å². The van der Waals surface area contributed by atoms with Crippen molar-refractivity contribution in [2.24, 2.45) is 5.92 Å². The number of rotatable bonds is 6. The van der Waals surface area contributed by atoms with Crippen LogP contribution in [0.3, 0.4) is 0 Å². The van der Waals surface area contributed by atoms with E-state index in [9.17, 15) is 0 Å². The van der Waals surface area contributed by atoms with Crippen LogP contribution in [0.25, 0.3) is 21.0 Å².